The summed E-state index contributed by atoms with van der Waals surface area (Å²) in [6.07, 6.45) is 3.39. The van der Waals surface area contributed by atoms with Crippen LogP contribution in [0.15, 0.2) is 42.9 Å². The molecule has 1 aliphatic rings. The largest absolute Gasteiger partial charge is 0.352 e. The van der Waals surface area contributed by atoms with Crippen molar-refractivity contribution in [1.29, 1.82) is 0 Å². The van der Waals surface area contributed by atoms with Crippen LogP contribution in [0.1, 0.15) is 0 Å². The van der Waals surface area contributed by atoms with Gasteiger partial charge >= 0.3 is 6.03 Å². The first kappa shape index (κ1) is 13.4. The summed E-state index contributed by atoms with van der Waals surface area (Å²) in [6, 6.07) is 9.71. The number of nitrogens with two attached hydrogens (primary N) is 1. The second-order valence-electron chi connectivity index (χ2n) is 4.94. The van der Waals surface area contributed by atoms with E-state index < -0.39 is 0 Å². The number of hydrogen-bond donors (Lipinski definition) is 1. The van der Waals surface area contributed by atoms with Gasteiger partial charge in [0, 0.05) is 37.9 Å². The first-order valence-corrected chi connectivity index (χ1v) is 6.90. The lowest BCUT2D eigenvalue weighted by molar-refractivity contribution is 0.204. The summed E-state index contributed by atoms with van der Waals surface area (Å²) in [5.41, 5.74) is 7.41. The zero-order valence-electron chi connectivity index (χ0n) is 11.6. The average Bonchev–Trinajstić information content (AvgIpc) is 2.56. The standard InChI is InChI=1S/C15H17N5O/c16-15(21)20-8-6-19(7-9-20)14-13(10-17-11-18-14)12-4-2-1-3-5-12/h1-5,10-11H,6-9H2,(H2,16,21). The lowest BCUT2D eigenvalue weighted by atomic mass is 10.1. The van der Waals surface area contributed by atoms with Crippen LogP contribution in [0.2, 0.25) is 0 Å². The second kappa shape index (κ2) is 5.78. The van der Waals surface area contributed by atoms with Gasteiger partial charge in [-0.2, -0.15) is 0 Å². The molecule has 6 nitrogen and oxygen atoms in total. The summed E-state index contributed by atoms with van der Waals surface area (Å²) in [7, 11) is 0. The third-order valence-corrected chi connectivity index (χ3v) is 3.67. The van der Waals surface area contributed by atoms with Crippen LogP contribution in [0.3, 0.4) is 0 Å². The summed E-state index contributed by atoms with van der Waals surface area (Å²) >= 11 is 0. The maximum atomic E-state index is 11.2. The van der Waals surface area contributed by atoms with E-state index in [2.05, 4.69) is 14.9 Å². The molecule has 6 heteroatoms. The number of amides is 2. The van der Waals surface area contributed by atoms with Gasteiger partial charge < -0.3 is 15.5 Å². The van der Waals surface area contributed by atoms with Crippen LogP contribution in [0.5, 0.6) is 0 Å². The Balaban J connectivity index is 1.85. The number of anilines is 1. The number of carbonyl (C=O) groups excluding carboxylic acids is 1. The molecular weight excluding hydrogens is 266 g/mol. The number of hydrogen-bond acceptors (Lipinski definition) is 4. The van der Waals surface area contributed by atoms with Crippen LogP contribution in [0.25, 0.3) is 11.1 Å². The molecule has 3 rings (SSSR count). The SMILES string of the molecule is NC(=O)N1CCN(c2ncncc2-c2ccccc2)CC1. The topological polar surface area (TPSA) is 75.4 Å². The minimum atomic E-state index is -0.361. The van der Waals surface area contributed by atoms with Crippen LogP contribution >= 0.6 is 0 Å². The quantitative estimate of drug-likeness (QED) is 0.902. The van der Waals surface area contributed by atoms with E-state index in [-0.39, 0.29) is 6.03 Å². The molecule has 0 radical (unpaired) electrons. The van der Waals surface area contributed by atoms with Gasteiger partial charge in [-0.15, -0.1) is 0 Å². The maximum absolute atomic E-state index is 11.2. The number of primary amides is 1. The molecule has 1 fully saturated rings. The maximum Gasteiger partial charge on any atom is 0.314 e. The number of rotatable bonds is 2. The van der Waals surface area contributed by atoms with Crippen LogP contribution in [0.4, 0.5) is 10.6 Å². The van der Waals surface area contributed by atoms with E-state index in [9.17, 15) is 4.79 Å². The molecule has 108 valence electrons. The molecule has 2 aromatic rings. The van der Waals surface area contributed by atoms with E-state index in [1.165, 1.54) is 0 Å². The Kier molecular flexibility index (Phi) is 3.68. The van der Waals surface area contributed by atoms with Gasteiger partial charge in [0.1, 0.15) is 12.1 Å². The molecule has 1 aromatic carbocycles. The number of piperazine rings is 1. The van der Waals surface area contributed by atoms with Gasteiger partial charge in [-0.25, -0.2) is 14.8 Å². The number of aromatic nitrogens is 2. The number of nitrogens with zero attached hydrogens (tertiary/aromatic N) is 4. The van der Waals surface area contributed by atoms with Crippen molar-refractivity contribution < 1.29 is 4.79 Å². The fraction of sp³-hybridized carbons (Fsp3) is 0.267. The minimum Gasteiger partial charge on any atom is -0.352 e. The third-order valence-electron chi connectivity index (χ3n) is 3.67. The summed E-state index contributed by atoms with van der Waals surface area (Å²) in [5, 5.41) is 0. The zero-order chi connectivity index (χ0) is 14.7. The average molecular weight is 283 g/mol. The van der Waals surface area contributed by atoms with E-state index in [4.69, 9.17) is 5.73 Å². The Morgan fingerprint density at radius 3 is 2.48 bits per heavy atom. The van der Waals surface area contributed by atoms with Gasteiger partial charge in [0.05, 0.1) is 0 Å². The van der Waals surface area contributed by atoms with E-state index in [1.54, 1.807) is 11.2 Å². The Hall–Kier alpha value is -2.63. The Morgan fingerprint density at radius 1 is 1.10 bits per heavy atom. The number of urea groups is 1. The molecule has 0 unspecified atom stereocenters. The molecule has 1 saturated heterocycles. The molecule has 2 heterocycles. The van der Waals surface area contributed by atoms with Crippen molar-refractivity contribution in [2.45, 2.75) is 0 Å². The van der Waals surface area contributed by atoms with Crippen LogP contribution in [0, 0.1) is 0 Å². The monoisotopic (exact) mass is 283 g/mol. The number of carbonyl (C=O) groups is 1. The molecule has 0 bridgehead atoms. The van der Waals surface area contributed by atoms with Crippen molar-refractivity contribution in [3.05, 3.63) is 42.9 Å². The molecule has 2 N–H and O–H groups in total. The van der Waals surface area contributed by atoms with Crippen molar-refractivity contribution in [2.24, 2.45) is 5.73 Å². The van der Waals surface area contributed by atoms with Crippen molar-refractivity contribution in [1.82, 2.24) is 14.9 Å². The van der Waals surface area contributed by atoms with E-state index in [1.807, 2.05) is 36.5 Å². The second-order valence-corrected chi connectivity index (χ2v) is 4.94. The highest BCUT2D eigenvalue weighted by Crippen LogP contribution is 2.28. The third kappa shape index (κ3) is 2.79. The van der Waals surface area contributed by atoms with Crippen molar-refractivity contribution in [2.75, 3.05) is 31.1 Å². The molecule has 1 aliphatic heterocycles. The van der Waals surface area contributed by atoms with Crippen LogP contribution in [-0.2, 0) is 0 Å². The lowest BCUT2D eigenvalue weighted by Gasteiger charge is -2.35. The summed E-state index contributed by atoms with van der Waals surface area (Å²) in [5.74, 6) is 0.903. The highest BCUT2D eigenvalue weighted by molar-refractivity contribution is 5.76. The Bertz CT molecular complexity index is 623. The smallest absolute Gasteiger partial charge is 0.314 e. The summed E-state index contributed by atoms with van der Waals surface area (Å²) in [4.78, 5) is 23.6. The normalized spacial score (nSPS) is 15.0. The molecule has 0 aliphatic carbocycles. The van der Waals surface area contributed by atoms with Crippen molar-refractivity contribution in [3.8, 4) is 11.1 Å². The predicted octanol–water partition coefficient (Wildman–Crippen LogP) is 1.34. The summed E-state index contributed by atoms with van der Waals surface area (Å²) < 4.78 is 0. The van der Waals surface area contributed by atoms with E-state index in [0.29, 0.717) is 13.1 Å². The molecule has 0 spiro atoms. The highest BCUT2D eigenvalue weighted by atomic mass is 16.2. The predicted molar refractivity (Wildman–Crippen MR) is 80.8 cm³/mol. The molecule has 0 atom stereocenters. The molecule has 0 saturated carbocycles. The molecule has 2 amide bonds. The Morgan fingerprint density at radius 2 is 1.81 bits per heavy atom. The summed E-state index contributed by atoms with van der Waals surface area (Å²) in [6.45, 7) is 2.68. The van der Waals surface area contributed by atoms with Crippen LogP contribution < -0.4 is 10.6 Å². The Labute approximate surface area is 123 Å². The van der Waals surface area contributed by atoms with Gasteiger partial charge in [-0.05, 0) is 5.56 Å². The highest BCUT2D eigenvalue weighted by Gasteiger charge is 2.22. The van der Waals surface area contributed by atoms with Gasteiger partial charge in [-0.3, -0.25) is 0 Å². The van der Waals surface area contributed by atoms with Crippen molar-refractivity contribution in [3.63, 3.8) is 0 Å². The minimum absolute atomic E-state index is 0.361. The van der Waals surface area contributed by atoms with Gasteiger partial charge in [0.2, 0.25) is 0 Å². The van der Waals surface area contributed by atoms with Crippen LogP contribution in [-0.4, -0.2) is 47.1 Å². The first-order valence-electron chi connectivity index (χ1n) is 6.90. The first-order chi connectivity index (χ1) is 10.3. The fourth-order valence-electron chi connectivity index (χ4n) is 2.54. The van der Waals surface area contributed by atoms with Gasteiger partial charge in [0.15, 0.2) is 0 Å². The van der Waals surface area contributed by atoms with Crippen molar-refractivity contribution >= 4 is 11.8 Å². The lowest BCUT2D eigenvalue weighted by Crippen LogP contribution is -2.50. The van der Waals surface area contributed by atoms with E-state index >= 15 is 0 Å². The van der Waals surface area contributed by atoms with E-state index in [0.717, 1.165) is 30.0 Å². The van der Waals surface area contributed by atoms with Gasteiger partial charge in [0.25, 0.3) is 0 Å². The molecule has 1 aromatic heterocycles. The zero-order valence-corrected chi connectivity index (χ0v) is 11.6. The molecule has 21 heavy (non-hydrogen) atoms. The fourth-order valence-corrected chi connectivity index (χ4v) is 2.54. The van der Waals surface area contributed by atoms with Gasteiger partial charge in [-0.1, -0.05) is 30.3 Å². The molecular formula is C15H17N5O. The number of benzene rings is 1.